The summed E-state index contributed by atoms with van der Waals surface area (Å²) in [6, 6.07) is 17.7. The van der Waals surface area contributed by atoms with Crippen LogP contribution in [0.5, 0.6) is 11.5 Å². The van der Waals surface area contributed by atoms with Crippen LogP contribution in [-0.4, -0.2) is 41.8 Å². The van der Waals surface area contributed by atoms with E-state index in [2.05, 4.69) is 5.32 Å². The molecule has 5 rings (SSSR count). The van der Waals surface area contributed by atoms with Gasteiger partial charge in [0.05, 0.1) is 17.7 Å². The molecule has 0 spiro atoms. The van der Waals surface area contributed by atoms with E-state index in [0.29, 0.717) is 47.3 Å². The van der Waals surface area contributed by atoms with E-state index in [9.17, 15) is 22.8 Å². The van der Waals surface area contributed by atoms with E-state index in [0.717, 1.165) is 29.0 Å². The van der Waals surface area contributed by atoms with Gasteiger partial charge in [0.2, 0.25) is 6.79 Å². The second kappa shape index (κ2) is 12.5. The molecule has 0 atom stereocenters. The van der Waals surface area contributed by atoms with Crippen molar-refractivity contribution in [2.45, 2.75) is 25.6 Å². The van der Waals surface area contributed by atoms with Crippen LogP contribution in [0.1, 0.15) is 33.5 Å². The fraction of sp³-hybridized carbons (Fsp3) is 0.233. The first kappa shape index (κ1) is 28.9. The number of halogens is 3. The number of anilines is 1. The molecule has 0 unspecified atom stereocenters. The molecule has 0 aliphatic carbocycles. The van der Waals surface area contributed by atoms with Crippen LogP contribution < -0.4 is 19.7 Å². The maximum absolute atomic E-state index is 13.3. The van der Waals surface area contributed by atoms with Crippen molar-refractivity contribution in [3.63, 3.8) is 0 Å². The largest absolute Gasteiger partial charge is 0.481 e. The van der Waals surface area contributed by atoms with Gasteiger partial charge in [0.1, 0.15) is 0 Å². The van der Waals surface area contributed by atoms with Gasteiger partial charge >= 0.3 is 12.1 Å². The first-order valence-electron chi connectivity index (χ1n) is 13.0. The summed E-state index contributed by atoms with van der Waals surface area (Å²) in [5, 5.41) is 13.9. The zero-order valence-corrected chi connectivity index (χ0v) is 23.0. The molecule has 0 radical (unpaired) electrons. The molecule has 0 saturated carbocycles. The fourth-order valence-electron chi connectivity index (χ4n) is 4.37. The summed E-state index contributed by atoms with van der Waals surface area (Å²) in [5.41, 5.74) is 2.68. The summed E-state index contributed by atoms with van der Waals surface area (Å²) in [4.78, 5) is 29.8. The summed E-state index contributed by atoms with van der Waals surface area (Å²) in [7, 11) is 0. The van der Waals surface area contributed by atoms with E-state index in [1.807, 2.05) is 28.5 Å². The van der Waals surface area contributed by atoms with Crippen LogP contribution in [-0.2, 0) is 23.9 Å². The molecule has 0 bridgehead atoms. The van der Waals surface area contributed by atoms with Crippen LogP contribution >= 0.6 is 11.3 Å². The van der Waals surface area contributed by atoms with Gasteiger partial charge in [-0.1, -0.05) is 30.3 Å². The molecule has 0 saturated heterocycles. The van der Waals surface area contributed by atoms with Crippen LogP contribution in [0.15, 0.2) is 72.1 Å². The lowest BCUT2D eigenvalue weighted by atomic mass is 10.1. The molecule has 1 aromatic heterocycles. The van der Waals surface area contributed by atoms with Gasteiger partial charge in [-0.05, 0) is 53.9 Å². The number of carbonyl (C=O) groups excluding carboxylic acids is 1. The van der Waals surface area contributed by atoms with Crippen molar-refractivity contribution in [2.75, 3.05) is 24.8 Å². The Morgan fingerprint density at radius 2 is 1.79 bits per heavy atom. The Morgan fingerprint density at radius 1 is 1.00 bits per heavy atom. The molecule has 3 aromatic carbocycles. The van der Waals surface area contributed by atoms with Crippen molar-refractivity contribution in [3.8, 4) is 22.8 Å². The number of carboxylic acids is 1. The summed E-state index contributed by atoms with van der Waals surface area (Å²) in [6.45, 7) is 0.975. The van der Waals surface area contributed by atoms with Crippen LogP contribution in [0, 0.1) is 0 Å². The molecule has 1 aliphatic heterocycles. The molecule has 1 aliphatic rings. The van der Waals surface area contributed by atoms with Gasteiger partial charge < -0.3 is 24.8 Å². The fourth-order valence-corrected chi connectivity index (χ4v) is 5.24. The SMILES string of the molecule is O=C(O)CCNC(=O)c1ccc(CN(CCc2cccc(C(F)(F)F)c2)c2nc(-c3ccc4c(c3)OCO4)cs2)cc1. The van der Waals surface area contributed by atoms with E-state index >= 15 is 0 Å². The highest BCUT2D eigenvalue weighted by Crippen LogP contribution is 2.37. The van der Waals surface area contributed by atoms with E-state index in [4.69, 9.17) is 19.6 Å². The smallest absolute Gasteiger partial charge is 0.416 e. The maximum Gasteiger partial charge on any atom is 0.416 e. The van der Waals surface area contributed by atoms with Crippen LogP contribution in [0.3, 0.4) is 0 Å². The number of carbonyl (C=O) groups is 2. The number of aromatic nitrogens is 1. The molecule has 2 N–H and O–H groups in total. The summed E-state index contributed by atoms with van der Waals surface area (Å²) in [5.74, 6) is -0.0799. The third kappa shape index (κ3) is 7.19. The minimum Gasteiger partial charge on any atom is -0.481 e. The normalized spacial score (nSPS) is 12.3. The number of ether oxygens (including phenoxy) is 2. The highest BCUT2D eigenvalue weighted by atomic mass is 32.1. The van der Waals surface area contributed by atoms with Crippen molar-refractivity contribution >= 4 is 28.3 Å². The Bertz CT molecular complexity index is 1570. The van der Waals surface area contributed by atoms with E-state index in [-0.39, 0.29) is 25.7 Å². The van der Waals surface area contributed by atoms with E-state index in [1.165, 1.54) is 17.4 Å². The number of hydrogen-bond donors (Lipinski definition) is 2. The second-order valence-electron chi connectivity index (χ2n) is 9.55. The number of rotatable bonds is 11. The average molecular weight is 598 g/mol. The zero-order chi connectivity index (χ0) is 29.7. The van der Waals surface area contributed by atoms with Crippen molar-refractivity contribution in [1.29, 1.82) is 0 Å². The quantitative estimate of drug-likeness (QED) is 0.218. The van der Waals surface area contributed by atoms with Gasteiger partial charge in [0, 0.05) is 36.1 Å². The number of amides is 1. The predicted molar refractivity (Wildman–Crippen MR) is 151 cm³/mol. The van der Waals surface area contributed by atoms with E-state index < -0.39 is 17.7 Å². The predicted octanol–water partition coefficient (Wildman–Crippen LogP) is 6.01. The van der Waals surface area contributed by atoms with Crippen LogP contribution in [0.4, 0.5) is 18.3 Å². The molecule has 42 heavy (non-hydrogen) atoms. The molecule has 0 fully saturated rings. The summed E-state index contributed by atoms with van der Waals surface area (Å²) in [6.07, 6.45) is -4.24. The van der Waals surface area contributed by atoms with Gasteiger partial charge in [0.15, 0.2) is 16.6 Å². The maximum atomic E-state index is 13.3. The lowest BCUT2D eigenvalue weighted by Crippen LogP contribution is -2.26. The topological polar surface area (TPSA) is 101 Å². The second-order valence-corrected chi connectivity index (χ2v) is 10.4. The molecule has 1 amide bonds. The van der Waals surface area contributed by atoms with Gasteiger partial charge in [-0.15, -0.1) is 11.3 Å². The first-order valence-corrected chi connectivity index (χ1v) is 13.9. The number of carboxylic acid groups (broad SMARTS) is 1. The third-order valence-corrected chi connectivity index (χ3v) is 7.47. The summed E-state index contributed by atoms with van der Waals surface area (Å²) >= 11 is 1.42. The molecular formula is C30H26F3N3O5S. The Morgan fingerprint density at radius 3 is 2.55 bits per heavy atom. The number of aliphatic carboxylic acids is 1. The summed E-state index contributed by atoms with van der Waals surface area (Å²) < 4.78 is 50.7. The highest BCUT2D eigenvalue weighted by molar-refractivity contribution is 7.14. The molecule has 12 heteroatoms. The first-order chi connectivity index (χ1) is 20.2. The zero-order valence-electron chi connectivity index (χ0n) is 22.2. The molecular weight excluding hydrogens is 571 g/mol. The molecule has 4 aromatic rings. The van der Waals surface area contributed by atoms with Crippen molar-refractivity contribution < 1.29 is 37.3 Å². The Hall–Kier alpha value is -4.58. The number of alkyl halides is 3. The van der Waals surface area contributed by atoms with Crippen LogP contribution in [0.2, 0.25) is 0 Å². The lowest BCUT2D eigenvalue weighted by molar-refractivity contribution is -0.138. The molecule has 8 nitrogen and oxygen atoms in total. The Kier molecular flexibility index (Phi) is 8.62. The van der Waals surface area contributed by atoms with Crippen molar-refractivity contribution in [3.05, 3.63) is 94.4 Å². The van der Waals surface area contributed by atoms with Crippen LogP contribution in [0.25, 0.3) is 11.3 Å². The van der Waals surface area contributed by atoms with Gasteiger partial charge in [-0.2, -0.15) is 13.2 Å². The number of fused-ring (bicyclic) bond motifs is 1. The third-order valence-electron chi connectivity index (χ3n) is 6.57. The average Bonchev–Trinajstić information content (AvgIpc) is 3.65. The van der Waals surface area contributed by atoms with Crippen molar-refractivity contribution in [2.24, 2.45) is 0 Å². The standard InChI is InChI=1S/C30H26F3N3O5S/c31-30(32,33)23-3-1-2-19(14-23)11-13-36(16-20-4-6-21(7-5-20)28(39)34-12-10-27(37)38)29-35-24(17-42-29)22-8-9-25-26(15-22)41-18-40-25/h1-9,14-15,17H,10-13,16,18H2,(H,34,39)(H,37,38). The molecule has 218 valence electrons. The highest BCUT2D eigenvalue weighted by Gasteiger charge is 2.30. The number of nitrogens with one attached hydrogen (secondary N) is 1. The minimum atomic E-state index is -4.42. The Labute approximate surface area is 243 Å². The minimum absolute atomic E-state index is 0.0228. The number of nitrogens with zero attached hydrogens (tertiary/aromatic N) is 2. The van der Waals surface area contributed by atoms with E-state index in [1.54, 1.807) is 30.3 Å². The number of thiazole rings is 1. The van der Waals surface area contributed by atoms with Gasteiger partial charge in [-0.25, -0.2) is 4.98 Å². The Balaban J connectivity index is 1.34. The molecule has 2 heterocycles. The van der Waals surface area contributed by atoms with Gasteiger partial charge in [-0.3, -0.25) is 9.59 Å². The lowest BCUT2D eigenvalue weighted by Gasteiger charge is -2.22. The van der Waals surface area contributed by atoms with Crippen molar-refractivity contribution in [1.82, 2.24) is 10.3 Å². The van der Waals surface area contributed by atoms with Gasteiger partial charge in [0.25, 0.3) is 5.91 Å². The number of benzene rings is 3. The monoisotopic (exact) mass is 597 g/mol. The number of hydrogen-bond acceptors (Lipinski definition) is 7.